The molecule has 146 valence electrons. The second-order valence-electron chi connectivity index (χ2n) is 6.55. The number of hydrazine groups is 1. The maximum Gasteiger partial charge on any atom is 0.416 e. The molecule has 0 saturated carbocycles. The fourth-order valence-electron chi connectivity index (χ4n) is 3.05. The van der Waals surface area contributed by atoms with Gasteiger partial charge in [-0.3, -0.25) is 15.6 Å². The lowest BCUT2D eigenvalue weighted by Gasteiger charge is -2.19. The molecule has 2 aromatic rings. The van der Waals surface area contributed by atoms with Crippen LogP contribution in [-0.4, -0.2) is 28.4 Å². The lowest BCUT2D eigenvalue weighted by atomic mass is 9.97. The molecule has 2 unspecified atom stereocenters. The van der Waals surface area contributed by atoms with Crippen LogP contribution in [0.1, 0.15) is 19.4 Å². The van der Waals surface area contributed by atoms with Gasteiger partial charge in [-0.15, -0.1) is 0 Å². The quantitative estimate of drug-likeness (QED) is 0.735. The van der Waals surface area contributed by atoms with Crippen LogP contribution in [0.4, 0.5) is 18.9 Å². The van der Waals surface area contributed by atoms with Crippen molar-refractivity contribution in [2.75, 3.05) is 11.9 Å². The summed E-state index contributed by atoms with van der Waals surface area (Å²) < 4.78 is 39.5. The van der Waals surface area contributed by atoms with Crippen molar-refractivity contribution in [1.29, 1.82) is 0 Å². The fourth-order valence-corrected chi connectivity index (χ4v) is 3.24. The van der Waals surface area contributed by atoms with Crippen LogP contribution in [0.5, 0.6) is 0 Å². The molecule has 1 saturated heterocycles. The molecule has 2 atom stereocenters. The molecule has 1 aromatic heterocycles. The Balaban J connectivity index is 1.84. The normalized spacial score (nSPS) is 22.8. The molecule has 0 amide bonds. The number of hydrogen-bond donors (Lipinski definition) is 3. The molecule has 3 N–H and O–H groups in total. The molecule has 6 nitrogen and oxygen atoms in total. The Bertz CT molecular complexity index is 876. The largest absolute Gasteiger partial charge is 0.416 e. The first-order valence-electron chi connectivity index (χ1n) is 8.39. The second kappa shape index (κ2) is 7.49. The predicted octanol–water partition coefficient (Wildman–Crippen LogP) is 2.82. The van der Waals surface area contributed by atoms with Crippen LogP contribution < -0.4 is 21.7 Å². The summed E-state index contributed by atoms with van der Waals surface area (Å²) in [6.07, 6.45) is -3.17. The molecule has 1 aromatic carbocycles. The molecule has 2 heterocycles. The Hall–Kier alpha value is -2.10. The summed E-state index contributed by atoms with van der Waals surface area (Å²) in [6.45, 7) is 4.62. The van der Waals surface area contributed by atoms with E-state index in [2.05, 4.69) is 21.3 Å². The molecule has 1 fully saturated rings. The minimum absolute atomic E-state index is 0.00490. The topological polar surface area (TPSA) is 71.0 Å². The van der Waals surface area contributed by atoms with E-state index in [9.17, 15) is 18.0 Å². The zero-order valence-corrected chi connectivity index (χ0v) is 15.4. The van der Waals surface area contributed by atoms with Crippen molar-refractivity contribution in [2.45, 2.75) is 32.1 Å². The van der Waals surface area contributed by atoms with Crippen LogP contribution in [0.2, 0.25) is 5.02 Å². The maximum absolute atomic E-state index is 12.9. The second-order valence-corrected chi connectivity index (χ2v) is 6.93. The Labute approximate surface area is 158 Å². The van der Waals surface area contributed by atoms with Crippen molar-refractivity contribution in [3.8, 4) is 5.69 Å². The first-order valence-corrected chi connectivity index (χ1v) is 8.76. The van der Waals surface area contributed by atoms with Crippen molar-refractivity contribution in [1.82, 2.24) is 20.6 Å². The monoisotopic (exact) mass is 401 g/mol. The number of hydrogen-bond acceptors (Lipinski definition) is 5. The van der Waals surface area contributed by atoms with Gasteiger partial charge in [0.15, 0.2) is 0 Å². The highest BCUT2D eigenvalue weighted by molar-refractivity contribution is 6.32. The SMILES string of the molecule is CC1NNC(C)C1CNc1cnn(-c2cccc(C(F)(F)F)c2)c(=O)c1Cl. The number of halogens is 4. The summed E-state index contributed by atoms with van der Waals surface area (Å²) in [5, 5.41) is 6.95. The van der Waals surface area contributed by atoms with E-state index < -0.39 is 17.3 Å². The molecule has 27 heavy (non-hydrogen) atoms. The summed E-state index contributed by atoms with van der Waals surface area (Å²) in [5.74, 6) is 0.256. The highest BCUT2D eigenvalue weighted by atomic mass is 35.5. The Kier molecular flexibility index (Phi) is 5.45. The number of benzene rings is 1. The van der Waals surface area contributed by atoms with Crippen molar-refractivity contribution in [2.24, 2.45) is 5.92 Å². The third kappa shape index (κ3) is 4.10. The third-order valence-electron chi connectivity index (χ3n) is 4.69. The highest BCUT2D eigenvalue weighted by Gasteiger charge is 2.31. The Morgan fingerprint density at radius 1 is 1.26 bits per heavy atom. The van der Waals surface area contributed by atoms with Crippen LogP contribution in [-0.2, 0) is 6.18 Å². The van der Waals surface area contributed by atoms with Gasteiger partial charge < -0.3 is 5.32 Å². The number of rotatable bonds is 4. The summed E-state index contributed by atoms with van der Waals surface area (Å²) in [4.78, 5) is 12.5. The van der Waals surface area contributed by atoms with Gasteiger partial charge >= 0.3 is 6.18 Å². The number of aromatic nitrogens is 2. The third-order valence-corrected chi connectivity index (χ3v) is 5.05. The van der Waals surface area contributed by atoms with Gasteiger partial charge in [0.1, 0.15) is 5.02 Å². The van der Waals surface area contributed by atoms with Gasteiger partial charge in [-0.05, 0) is 32.0 Å². The first kappa shape index (κ1) is 19.7. The number of nitrogens with one attached hydrogen (secondary N) is 3. The van der Waals surface area contributed by atoms with Crippen molar-refractivity contribution < 1.29 is 13.2 Å². The standard InChI is InChI=1S/C17H19ClF3N5O/c1-9-13(10(2)25-24-9)7-22-14-8-23-26(16(27)15(14)18)12-5-3-4-11(6-12)17(19,20)21/h3-6,8-10,13,22,24-25H,7H2,1-2H3. The minimum Gasteiger partial charge on any atom is -0.382 e. The van der Waals surface area contributed by atoms with Crippen molar-refractivity contribution in [3.05, 3.63) is 51.4 Å². The van der Waals surface area contributed by atoms with Crippen molar-refractivity contribution >= 4 is 17.3 Å². The zero-order valence-electron chi connectivity index (χ0n) is 14.6. The molecular weight excluding hydrogens is 383 g/mol. The number of anilines is 1. The van der Waals surface area contributed by atoms with Crippen LogP contribution >= 0.6 is 11.6 Å². The van der Waals surface area contributed by atoms with E-state index in [0.717, 1.165) is 16.8 Å². The summed E-state index contributed by atoms with van der Waals surface area (Å²) in [5.41, 5.74) is 5.05. The van der Waals surface area contributed by atoms with Gasteiger partial charge in [0.2, 0.25) is 0 Å². The van der Waals surface area contributed by atoms with Crippen LogP contribution in [0, 0.1) is 5.92 Å². The predicted molar refractivity (Wildman–Crippen MR) is 97.0 cm³/mol. The summed E-state index contributed by atoms with van der Waals surface area (Å²) in [6, 6.07) is 4.82. The average molecular weight is 402 g/mol. The molecule has 0 aliphatic carbocycles. The van der Waals surface area contributed by atoms with E-state index >= 15 is 0 Å². The van der Waals surface area contributed by atoms with Gasteiger partial charge in [-0.1, -0.05) is 17.7 Å². The van der Waals surface area contributed by atoms with E-state index in [1.54, 1.807) is 0 Å². The Morgan fingerprint density at radius 2 is 1.93 bits per heavy atom. The molecular formula is C17H19ClF3N5O. The molecule has 1 aliphatic heterocycles. The average Bonchev–Trinajstić information content (AvgIpc) is 2.94. The Morgan fingerprint density at radius 3 is 2.56 bits per heavy atom. The smallest absolute Gasteiger partial charge is 0.382 e. The fraction of sp³-hybridized carbons (Fsp3) is 0.412. The lowest BCUT2D eigenvalue weighted by molar-refractivity contribution is -0.137. The first-order chi connectivity index (χ1) is 12.7. The van der Waals surface area contributed by atoms with Crippen molar-refractivity contribution in [3.63, 3.8) is 0 Å². The van der Waals surface area contributed by atoms with E-state index in [0.29, 0.717) is 12.2 Å². The van der Waals surface area contributed by atoms with Gasteiger partial charge in [0, 0.05) is 24.5 Å². The summed E-state index contributed by atoms with van der Waals surface area (Å²) >= 11 is 6.15. The zero-order chi connectivity index (χ0) is 19.8. The molecule has 0 bridgehead atoms. The highest BCUT2D eigenvalue weighted by Crippen LogP contribution is 2.30. The number of alkyl halides is 3. The lowest BCUT2D eigenvalue weighted by Crippen LogP contribution is -2.31. The van der Waals surface area contributed by atoms with E-state index in [-0.39, 0.29) is 28.7 Å². The number of nitrogens with zero attached hydrogens (tertiary/aromatic N) is 2. The van der Waals surface area contributed by atoms with E-state index in [4.69, 9.17) is 11.6 Å². The van der Waals surface area contributed by atoms with Gasteiger partial charge in [0.05, 0.1) is 23.1 Å². The molecule has 0 spiro atoms. The van der Waals surface area contributed by atoms with Gasteiger partial charge in [-0.2, -0.15) is 23.0 Å². The van der Waals surface area contributed by atoms with E-state index in [1.165, 1.54) is 18.3 Å². The van der Waals surface area contributed by atoms with E-state index in [1.807, 2.05) is 13.8 Å². The maximum atomic E-state index is 12.9. The van der Waals surface area contributed by atoms with Gasteiger partial charge in [0.25, 0.3) is 5.56 Å². The molecule has 0 radical (unpaired) electrons. The van der Waals surface area contributed by atoms with Crippen LogP contribution in [0.25, 0.3) is 5.69 Å². The summed E-state index contributed by atoms with van der Waals surface area (Å²) in [7, 11) is 0. The molecule has 10 heteroatoms. The van der Waals surface area contributed by atoms with Crippen LogP contribution in [0.15, 0.2) is 35.3 Å². The van der Waals surface area contributed by atoms with Crippen LogP contribution in [0.3, 0.4) is 0 Å². The van der Waals surface area contributed by atoms with Gasteiger partial charge in [-0.25, -0.2) is 0 Å². The molecule has 1 aliphatic rings. The molecule has 3 rings (SSSR count). The minimum atomic E-state index is -4.51.